The maximum Gasteiger partial charge on any atom is 0.329 e. The molecule has 1 aromatic rings. The first-order valence-electron chi connectivity index (χ1n) is 5.14. The summed E-state index contributed by atoms with van der Waals surface area (Å²) in [5.41, 5.74) is 1.40. The predicted molar refractivity (Wildman–Crippen MR) is 59.7 cm³/mol. The molecule has 0 atom stereocenters. The number of rotatable bonds is 6. The number of aromatic nitrogens is 2. The number of ether oxygens (including phenoxy) is 1. The molecule has 0 aliphatic carbocycles. The maximum absolute atomic E-state index is 11.4. The van der Waals surface area contributed by atoms with Crippen molar-refractivity contribution >= 4 is 17.6 Å². The molecule has 0 fully saturated rings. The summed E-state index contributed by atoms with van der Waals surface area (Å²) in [5, 5.41) is 15.1. The molecule has 0 spiro atoms. The molecule has 2 N–H and O–H groups in total. The van der Waals surface area contributed by atoms with Crippen molar-refractivity contribution in [2.45, 2.75) is 13.3 Å². The summed E-state index contributed by atoms with van der Waals surface area (Å²) in [7, 11) is 1.76. The largest absolute Gasteiger partial charge is 0.480 e. The number of hydrogen-bond donors (Lipinski definition) is 2. The van der Waals surface area contributed by atoms with Gasteiger partial charge in [0.1, 0.15) is 13.2 Å². The lowest BCUT2D eigenvalue weighted by atomic mass is 10.3. The molecule has 7 nitrogen and oxygen atoms in total. The van der Waals surface area contributed by atoms with Gasteiger partial charge in [0.15, 0.2) is 0 Å². The standard InChI is InChI=1S/C10H15N3O4/c1-3-7-8(4-13(2)12-7)11-9(14)5-17-6-10(15)16/h4H,3,5-6H2,1-2H3,(H,11,14)(H,15,16). The van der Waals surface area contributed by atoms with E-state index in [1.54, 1.807) is 17.9 Å². The summed E-state index contributed by atoms with van der Waals surface area (Å²) in [6.07, 6.45) is 2.39. The van der Waals surface area contributed by atoms with Crippen LogP contribution in [-0.2, 0) is 27.8 Å². The second-order valence-corrected chi connectivity index (χ2v) is 3.45. The molecule has 0 aliphatic rings. The number of carboxylic acid groups (broad SMARTS) is 1. The number of carbonyl (C=O) groups is 2. The SMILES string of the molecule is CCc1nn(C)cc1NC(=O)COCC(=O)O. The maximum atomic E-state index is 11.4. The van der Waals surface area contributed by atoms with Gasteiger partial charge in [0, 0.05) is 13.2 Å². The molecule has 0 aromatic carbocycles. The molecule has 94 valence electrons. The number of amides is 1. The van der Waals surface area contributed by atoms with E-state index in [-0.39, 0.29) is 6.61 Å². The Bertz CT molecular complexity index is 414. The zero-order valence-corrected chi connectivity index (χ0v) is 9.77. The Morgan fingerprint density at radius 2 is 2.24 bits per heavy atom. The molecule has 0 aliphatic heterocycles. The quantitative estimate of drug-likeness (QED) is 0.732. The predicted octanol–water partition coefficient (Wildman–Crippen LogP) is 0.0222. The van der Waals surface area contributed by atoms with Crippen LogP contribution >= 0.6 is 0 Å². The van der Waals surface area contributed by atoms with Crippen molar-refractivity contribution in [1.82, 2.24) is 9.78 Å². The lowest BCUT2D eigenvalue weighted by Gasteiger charge is -2.03. The van der Waals surface area contributed by atoms with Gasteiger partial charge in [-0.25, -0.2) is 4.79 Å². The van der Waals surface area contributed by atoms with Crippen LogP contribution in [0.5, 0.6) is 0 Å². The Kier molecular flexibility index (Phi) is 4.65. The topological polar surface area (TPSA) is 93.5 Å². The third-order valence-electron chi connectivity index (χ3n) is 1.97. The first-order valence-corrected chi connectivity index (χ1v) is 5.14. The van der Waals surface area contributed by atoms with E-state index in [2.05, 4.69) is 15.2 Å². The van der Waals surface area contributed by atoms with Gasteiger partial charge in [-0.05, 0) is 6.42 Å². The van der Waals surface area contributed by atoms with Gasteiger partial charge in [-0.2, -0.15) is 5.10 Å². The summed E-state index contributed by atoms with van der Waals surface area (Å²) in [6, 6.07) is 0. The highest BCUT2D eigenvalue weighted by Crippen LogP contribution is 2.13. The van der Waals surface area contributed by atoms with Crippen molar-refractivity contribution in [1.29, 1.82) is 0 Å². The molecule has 1 amide bonds. The molecule has 0 saturated carbocycles. The molecule has 0 bridgehead atoms. The number of nitrogens with zero attached hydrogens (tertiary/aromatic N) is 2. The minimum atomic E-state index is -1.10. The van der Waals surface area contributed by atoms with Crippen molar-refractivity contribution in [2.75, 3.05) is 18.5 Å². The fourth-order valence-corrected chi connectivity index (χ4v) is 1.32. The van der Waals surface area contributed by atoms with Gasteiger partial charge in [-0.15, -0.1) is 0 Å². The smallest absolute Gasteiger partial charge is 0.329 e. The molecular weight excluding hydrogens is 226 g/mol. The van der Waals surface area contributed by atoms with Crippen molar-refractivity contribution in [3.8, 4) is 0 Å². The highest BCUT2D eigenvalue weighted by atomic mass is 16.5. The van der Waals surface area contributed by atoms with Crippen molar-refractivity contribution < 1.29 is 19.4 Å². The molecule has 7 heteroatoms. The van der Waals surface area contributed by atoms with Crippen molar-refractivity contribution in [2.24, 2.45) is 7.05 Å². The van der Waals surface area contributed by atoms with Gasteiger partial charge in [-0.3, -0.25) is 9.48 Å². The first kappa shape index (κ1) is 13.2. The monoisotopic (exact) mass is 241 g/mol. The normalized spacial score (nSPS) is 10.2. The van der Waals surface area contributed by atoms with Crippen LogP contribution in [0.1, 0.15) is 12.6 Å². The lowest BCUT2D eigenvalue weighted by molar-refractivity contribution is -0.143. The van der Waals surface area contributed by atoms with Crippen LogP contribution < -0.4 is 5.32 Å². The van der Waals surface area contributed by atoms with Crippen LogP contribution in [-0.4, -0.2) is 40.0 Å². The number of anilines is 1. The number of nitrogens with one attached hydrogen (secondary N) is 1. The van der Waals surface area contributed by atoms with Crippen LogP contribution in [0, 0.1) is 0 Å². The number of carboxylic acids is 1. The zero-order valence-electron chi connectivity index (χ0n) is 9.77. The molecule has 0 saturated heterocycles. The van der Waals surface area contributed by atoms with Gasteiger partial charge in [-0.1, -0.05) is 6.92 Å². The average Bonchev–Trinajstić information content (AvgIpc) is 2.58. The summed E-state index contributed by atoms with van der Waals surface area (Å²) >= 11 is 0. The van der Waals surface area contributed by atoms with Gasteiger partial charge < -0.3 is 15.2 Å². The Labute approximate surface area is 98.4 Å². The minimum Gasteiger partial charge on any atom is -0.480 e. The van der Waals surface area contributed by atoms with E-state index >= 15 is 0 Å². The van der Waals surface area contributed by atoms with E-state index in [1.807, 2.05) is 6.92 Å². The van der Waals surface area contributed by atoms with E-state index in [4.69, 9.17) is 5.11 Å². The summed E-state index contributed by atoms with van der Waals surface area (Å²) in [4.78, 5) is 21.6. The Balaban J connectivity index is 2.47. The summed E-state index contributed by atoms with van der Waals surface area (Å²) in [6.45, 7) is 1.16. The number of aliphatic carboxylic acids is 1. The zero-order chi connectivity index (χ0) is 12.8. The Morgan fingerprint density at radius 3 is 2.82 bits per heavy atom. The van der Waals surface area contributed by atoms with Gasteiger partial charge >= 0.3 is 5.97 Å². The minimum absolute atomic E-state index is 0.287. The third-order valence-corrected chi connectivity index (χ3v) is 1.97. The molecule has 17 heavy (non-hydrogen) atoms. The summed E-state index contributed by atoms with van der Waals surface area (Å²) in [5.74, 6) is -1.50. The van der Waals surface area contributed by atoms with E-state index in [0.29, 0.717) is 12.1 Å². The van der Waals surface area contributed by atoms with Crippen LogP contribution in [0.4, 0.5) is 5.69 Å². The molecule has 1 aromatic heterocycles. The second kappa shape index (κ2) is 6.00. The molecule has 1 rings (SSSR count). The van der Waals surface area contributed by atoms with Crippen LogP contribution in [0.25, 0.3) is 0 Å². The number of hydrogen-bond acceptors (Lipinski definition) is 4. The Hall–Kier alpha value is -1.89. The molecule has 0 unspecified atom stereocenters. The Morgan fingerprint density at radius 1 is 1.53 bits per heavy atom. The van der Waals surface area contributed by atoms with E-state index < -0.39 is 18.5 Å². The van der Waals surface area contributed by atoms with E-state index in [0.717, 1.165) is 5.69 Å². The van der Waals surface area contributed by atoms with Crippen LogP contribution in [0.3, 0.4) is 0 Å². The van der Waals surface area contributed by atoms with Crippen molar-refractivity contribution in [3.63, 3.8) is 0 Å². The fraction of sp³-hybridized carbons (Fsp3) is 0.500. The highest BCUT2D eigenvalue weighted by molar-refractivity contribution is 5.92. The highest BCUT2D eigenvalue weighted by Gasteiger charge is 2.10. The van der Waals surface area contributed by atoms with Crippen LogP contribution in [0.15, 0.2) is 6.20 Å². The third kappa shape index (κ3) is 4.23. The first-order chi connectivity index (χ1) is 8.02. The van der Waals surface area contributed by atoms with Crippen molar-refractivity contribution in [3.05, 3.63) is 11.9 Å². The van der Waals surface area contributed by atoms with Crippen LogP contribution in [0.2, 0.25) is 0 Å². The van der Waals surface area contributed by atoms with Gasteiger partial charge in [0.25, 0.3) is 0 Å². The second-order valence-electron chi connectivity index (χ2n) is 3.45. The molecular formula is C10H15N3O4. The number of carbonyl (C=O) groups excluding carboxylic acids is 1. The summed E-state index contributed by atoms with van der Waals surface area (Å²) < 4.78 is 6.27. The lowest BCUT2D eigenvalue weighted by Crippen LogP contribution is -2.21. The van der Waals surface area contributed by atoms with Gasteiger partial charge in [0.2, 0.25) is 5.91 Å². The van der Waals surface area contributed by atoms with E-state index in [1.165, 1.54) is 0 Å². The van der Waals surface area contributed by atoms with E-state index in [9.17, 15) is 9.59 Å². The molecule has 1 heterocycles. The average molecular weight is 241 g/mol. The fourth-order valence-electron chi connectivity index (χ4n) is 1.32. The van der Waals surface area contributed by atoms with Gasteiger partial charge in [0.05, 0.1) is 11.4 Å². The molecule has 0 radical (unpaired) electrons. The number of aryl methyl sites for hydroxylation is 2.